The smallest absolute Gasteiger partial charge is 0.195 e. The van der Waals surface area contributed by atoms with Crippen molar-refractivity contribution in [2.45, 2.75) is 64.5 Å². The molecule has 0 unspecified atom stereocenters. The summed E-state index contributed by atoms with van der Waals surface area (Å²) in [5.74, 6) is 0. The Morgan fingerprint density at radius 1 is 1.21 bits per heavy atom. The zero-order valence-electron chi connectivity index (χ0n) is 10.2. The van der Waals surface area contributed by atoms with Gasteiger partial charge in [0.25, 0.3) is 0 Å². The Kier molecular flexibility index (Phi) is 3.78. The third-order valence-corrected chi connectivity index (χ3v) is 7.83. The number of rotatable bonds is 2. The first-order valence-corrected chi connectivity index (χ1v) is 8.53. The van der Waals surface area contributed by atoms with Crippen molar-refractivity contribution >= 4 is 8.32 Å². The van der Waals surface area contributed by atoms with Gasteiger partial charge < -0.3 is 9.16 Å². The topological polar surface area (TPSA) is 18.5 Å². The first-order chi connectivity index (χ1) is 6.33. The molecule has 0 spiro atoms. The summed E-state index contributed by atoms with van der Waals surface area (Å²) in [6.07, 6.45) is 3.59. The second-order valence-electron chi connectivity index (χ2n) is 5.67. The molecule has 0 aromatic rings. The Labute approximate surface area is 89.1 Å². The second kappa shape index (κ2) is 4.33. The molecule has 14 heavy (non-hydrogen) atoms. The lowest BCUT2D eigenvalue weighted by Gasteiger charge is -2.39. The van der Waals surface area contributed by atoms with Crippen LogP contribution >= 0.6 is 0 Å². The zero-order valence-corrected chi connectivity index (χ0v) is 11.2. The van der Waals surface area contributed by atoms with Crippen molar-refractivity contribution < 1.29 is 9.16 Å². The summed E-state index contributed by atoms with van der Waals surface area (Å²) in [7, 11) is -1.62. The van der Waals surface area contributed by atoms with Crippen LogP contribution in [0, 0.1) is 0 Å². The number of ether oxygens (including phenoxy) is 1. The highest BCUT2D eigenvalue weighted by Crippen LogP contribution is 2.38. The summed E-state index contributed by atoms with van der Waals surface area (Å²) in [6, 6.07) is 0. The van der Waals surface area contributed by atoms with E-state index in [9.17, 15) is 0 Å². The molecule has 1 rings (SSSR count). The molecule has 1 saturated heterocycles. The number of hydrogen-bond donors (Lipinski definition) is 0. The van der Waals surface area contributed by atoms with Crippen molar-refractivity contribution in [3.05, 3.63) is 0 Å². The minimum absolute atomic E-state index is 0.0737. The molecule has 1 aliphatic heterocycles. The second-order valence-corrected chi connectivity index (χ2v) is 10.4. The van der Waals surface area contributed by atoms with E-state index in [0.717, 1.165) is 13.0 Å². The van der Waals surface area contributed by atoms with Gasteiger partial charge >= 0.3 is 0 Å². The lowest BCUT2D eigenvalue weighted by atomic mass is 10.2. The fourth-order valence-corrected chi connectivity index (χ4v) is 2.51. The average Bonchev–Trinajstić information content (AvgIpc) is 2.03. The van der Waals surface area contributed by atoms with Gasteiger partial charge in [0.2, 0.25) is 0 Å². The first kappa shape index (κ1) is 12.2. The Hall–Kier alpha value is 0.137. The molecule has 0 bridgehead atoms. The van der Waals surface area contributed by atoms with Crippen molar-refractivity contribution in [1.82, 2.24) is 0 Å². The van der Waals surface area contributed by atoms with Gasteiger partial charge in [-0.25, -0.2) is 0 Å². The third-order valence-electron chi connectivity index (χ3n) is 3.37. The average molecular weight is 216 g/mol. The normalized spacial score (nSPS) is 25.1. The van der Waals surface area contributed by atoms with E-state index >= 15 is 0 Å². The van der Waals surface area contributed by atoms with Gasteiger partial charge in [0.15, 0.2) is 8.32 Å². The molecule has 0 aliphatic carbocycles. The van der Waals surface area contributed by atoms with Crippen molar-refractivity contribution in [2.24, 2.45) is 0 Å². The molecule has 3 heteroatoms. The van der Waals surface area contributed by atoms with Crippen LogP contribution < -0.4 is 0 Å². The molecule has 1 heterocycles. The molecular formula is C11H24O2Si. The van der Waals surface area contributed by atoms with E-state index < -0.39 is 8.32 Å². The van der Waals surface area contributed by atoms with Crippen LogP contribution in [0.2, 0.25) is 18.1 Å². The fourth-order valence-electron chi connectivity index (χ4n) is 1.31. The van der Waals surface area contributed by atoms with Crippen LogP contribution in [-0.2, 0) is 9.16 Å². The Bertz CT molecular complexity index is 178. The van der Waals surface area contributed by atoms with Crippen LogP contribution in [0.1, 0.15) is 40.0 Å². The van der Waals surface area contributed by atoms with E-state index in [4.69, 9.17) is 9.16 Å². The third kappa shape index (κ3) is 3.07. The van der Waals surface area contributed by atoms with Gasteiger partial charge in [-0.05, 0) is 37.4 Å². The Morgan fingerprint density at radius 3 is 2.29 bits per heavy atom. The summed E-state index contributed by atoms with van der Waals surface area (Å²) in [5.41, 5.74) is 0. The van der Waals surface area contributed by atoms with Crippen LogP contribution in [0.25, 0.3) is 0 Å². The van der Waals surface area contributed by atoms with E-state index in [-0.39, 0.29) is 11.3 Å². The summed E-state index contributed by atoms with van der Waals surface area (Å²) in [4.78, 5) is 0. The van der Waals surface area contributed by atoms with Gasteiger partial charge in [-0.3, -0.25) is 0 Å². The molecule has 2 nitrogen and oxygen atoms in total. The van der Waals surface area contributed by atoms with Gasteiger partial charge in [-0.2, -0.15) is 0 Å². The molecular weight excluding hydrogens is 192 g/mol. The molecule has 0 amide bonds. The highest BCUT2D eigenvalue weighted by molar-refractivity contribution is 6.74. The lowest BCUT2D eigenvalue weighted by molar-refractivity contribution is -0.113. The maximum atomic E-state index is 6.16. The van der Waals surface area contributed by atoms with E-state index in [2.05, 4.69) is 33.9 Å². The highest BCUT2D eigenvalue weighted by Gasteiger charge is 2.39. The predicted molar refractivity (Wildman–Crippen MR) is 61.9 cm³/mol. The van der Waals surface area contributed by atoms with Crippen molar-refractivity contribution in [3.63, 3.8) is 0 Å². The monoisotopic (exact) mass is 216 g/mol. The van der Waals surface area contributed by atoms with Crippen LogP contribution in [0.15, 0.2) is 0 Å². The summed E-state index contributed by atoms with van der Waals surface area (Å²) >= 11 is 0. The Balaban J connectivity index is 2.49. The molecule has 0 aromatic carbocycles. The summed E-state index contributed by atoms with van der Waals surface area (Å²) in [5, 5.41) is 0.286. The first-order valence-electron chi connectivity index (χ1n) is 5.62. The van der Waals surface area contributed by atoms with Gasteiger partial charge in [0, 0.05) is 6.61 Å². The standard InChI is InChI=1S/C11H24O2Si/c1-11(2,3)14(4,5)13-10-8-6-7-9-12-10/h10H,6-9H2,1-5H3/t10-/m0/s1. The van der Waals surface area contributed by atoms with Crippen molar-refractivity contribution in [2.75, 3.05) is 6.61 Å². The molecule has 84 valence electrons. The molecule has 0 N–H and O–H groups in total. The van der Waals surface area contributed by atoms with Crippen LogP contribution in [0.3, 0.4) is 0 Å². The minimum Gasteiger partial charge on any atom is -0.392 e. The van der Waals surface area contributed by atoms with E-state index in [1.165, 1.54) is 12.8 Å². The maximum Gasteiger partial charge on any atom is 0.195 e. The molecule has 1 fully saturated rings. The minimum atomic E-state index is -1.62. The molecule has 0 radical (unpaired) electrons. The van der Waals surface area contributed by atoms with Crippen LogP contribution in [-0.4, -0.2) is 21.2 Å². The maximum absolute atomic E-state index is 6.16. The lowest BCUT2D eigenvalue weighted by Crippen LogP contribution is -2.45. The molecule has 0 saturated carbocycles. The predicted octanol–water partition coefficient (Wildman–Crippen LogP) is 3.53. The van der Waals surface area contributed by atoms with Gasteiger partial charge in [0.05, 0.1) is 0 Å². The van der Waals surface area contributed by atoms with E-state index in [0.29, 0.717) is 0 Å². The number of hydrogen-bond acceptors (Lipinski definition) is 2. The van der Waals surface area contributed by atoms with Gasteiger partial charge in [-0.1, -0.05) is 20.8 Å². The van der Waals surface area contributed by atoms with Crippen LogP contribution in [0.5, 0.6) is 0 Å². The van der Waals surface area contributed by atoms with Gasteiger partial charge in [-0.15, -0.1) is 0 Å². The van der Waals surface area contributed by atoms with Crippen molar-refractivity contribution in [1.29, 1.82) is 0 Å². The molecule has 0 aromatic heterocycles. The largest absolute Gasteiger partial charge is 0.392 e. The molecule has 1 aliphatic rings. The fraction of sp³-hybridized carbons (Fsp3) is 1.00. The zero-order chi connectivity index (χ0) is 10.8. The Morgan fingerprint density at radius 2 is 1.86 bits per heavy atom. The van der Waals surface area contributed by atoms with E-state index in [1.54, 1.807) is 0 Å². The summed E-state index contributed by atoms with van der Waals surface area (Å²) < 4.78 is 11.8. The molecule has 1 atom stereocenters. The SMILES string of the molecule is CC(C)(C)[Si](C)(C)O[C@H]1CCCCO1. The van der Waals surface area contributed by atoms with Crippen LogP contribution in [0.4, 0.5) is 0 Å². The van der Waals surface area contributed by atoms with E-state index in [1.807, 2.05) is 0 Å². The van der Waals surface area contributed by atoms with Crippen molar-refractivity contribution in [3.8, 4) is 0 Å². The quantitative estimate of drug-likeness (QED) is 0.657. The summed E-state index contributed by atoms with van der Waals surface area (Å²) in [6.45, 7) is 12.2. The van der Waals surface area contributed by atoms with Gasteiger partial charge in [0.1, 0.15) is 6.29 Å². The highest BCUT2D eigenvalue weighted by atomic mass is 28.4.